The zero-order valence-corrected chi connectivity index (χ0v) is 14.2. The van der Waals surface area contributed by atoms with Crippen molar-refractivity contribution in [1.82, 2.24) is 10.2 Å². The molecule has 1 aliphatic heterocycles. The van der Waals surface area contributed by atoms with Gasteiger partial charge in [-0.25, -0.2) is 0 Å². The van der Waals surface area contributed by atoms with Crippen LogP contribution in [0.3, 0.4) is 0 Å². The van der Waals surface area contributed by atoms with Crippen molar-refractivity contribution in [3.63, 3.8) is 0 Å². The van der Waals surface area contributed by atoms with E-state index in [2.05, 4.69) is 52.1 Å². The van der Waals surface area contributed by atoms with Gasteiger partial charge >= 0.3 is 0 Å². The van der Waals surface area contributed by atoms with Gasteiger partial charge in [0.05, 0.1) is 5.54 Å². The van der Waals surface area contributed by atoms with Gasteiger partial charge in [-0.15, -0.1) is 11.3 Å². The third-order valence-corrected chi connectivity index (χ3v) is 4.94. The van der Waals surface area contributed by atoms with Gasteiger partial charge in [-0.3, -0.25) is 10.1 Å². The minimum absolute atomic E-state index is 0.0189. The molecule has 0 spiro atoms. The Balaban J connectivity index is 2.35. The second kappa shape index (κ2) is 5.15. The molecule has 1 N–H and O–H groups in total. The molecular formula is C16H26N2OS. The van der Waals surface area contributed by atoms with Crippen LogP contribution >= 0.6 is 11.3 Å². The average Bonchev–Trinajstić information content (AvgIpc) is 2.86. The maximum atomic E-state index is 12.8. The van der Waals surface area contributed by atoms with Crippen molar-refractivity contribution in [3.8, 4) is 0 Å². The Morgan fingerprint density at radius 2 is 2.05 bits per heavy atom. The first kappa shape index (κ1) is 15.5. The zero-order valence-electron chi connectivity index (χ0n) is 13.4. The predicted octanol–water partition coefficient (Wildman–Crippen LogP) is 3.70. The lowest BCUT2D eigenvalue weighted by Gasteiger charge is -2.30. The number of rotatable bonds is 3. The predicted molar refractivity (Wildman–Crippen MR) is 84.8 cm³/mol. The number of thiophene rings is 1. The van der Waals surface area contributed by atoms with Gasteiger partial charge in [0.1, 0.15) is 6.17 Å². The van der Waals surface area contributed by atoms with Crippen molar-refractivity contribution in [2.24, 2.45) is 5.41 Å². The van der Waals surface area contributed by atoms with Gasteiger partial charge in [0, 0.05) is 16.3 Å². The van der Waals surface area contributed by atoms with Crippen molar-refractivity contribution in [3.05, 3.63) is 21.9 Å². The van der Waals surface area contributed by atoms with E-state index in [1.165, 1.54) is 9.75 Å². The third kappa shape index (κ3) is 2.91. The topological polar surface area (TPSA) is 32.3 Å². The smallest absolute Gasteiger partial charge is 0.244 e. The maximum absolute atomic E-state index is 12.8. The van der Waals surface area contributed by atoms with Gasteiger partial charge in [-0.05, 0) is 37.8 Å². The molecule has 0 bridgehead atoms. The number of hydrogen-bond donors (Lipinski definition) is 1. The molecule has 112 valence electrons. The van der Waals surface area contributed by atoms with Gasteiger partial charge in [0.15, 0.2) is 0 Å². The summed E-state index contributed by atoms with van der Waals surface area (Å²) in [5, 5.41) is 3.56. The summed E-state index contributed by atoms with van der Waals surface area (Å²) in [5.74, 6) is 0.228. The highest BCUT2D eigenvalue weighted by Gasteiger charge is 2.48. The number of nitrogens with zero attached hydrogens (tertiary/aromatic N) is 1. The molecule has 1 aliphatic rings. The van der Waals surface area contributed by atoms with Crippen molar-refractivity contribution >= 4 is 17.2 Å². The molecular weight excluding hydrogens is 268 g/mol. The summed E-state index contributed by atoms with van der Waals surface area (Å²) in [6.07, 6.45) is 0.832. The number of aryl methyl sites for hydroxylation is 1. The van der Waals surface area contributed by atoms with E-state index in [1.807, 2.05) is 11.8 Å². The first-order valence-corrected chi connectivity index (χ1v) is 8.13. The van der Waals surface area contributed by atoms with Crippen LogP contribution in [-0.2, 0) is 4.79 Å². The van der Waals surface area contributed by atoms with Gasteiger partial charge in [-0.1, -0.05) is 27.7 Å². The van der Waals surface area contributed by atoms with Gasteiger partial charge < -0.3 is 4.90 Å². The molecule has 1 amide bonds. The summed E-state index contributed by atoms with van der Waals surface area (Å²) in [5.41, 5.74) is -0.339. The Kier molecular flexibility index (Phi) is 4.00. The first-order chi connectivity index (χ1) is 9.16. The molecule has 3 nitrogen and oxygen atoms in total. The lowest BCUT2D eigenvalue weighted by molar-refractivity contribution is -0.134. The van der Waals surface area contributed by atoms with E-state index in [1.54, 1.807) is 11.3 Å². The largest absolute Gasteiger partial charge is 0.320 e. The van der Waals surface area contributed by atoms with E-state index in [0.717, 1.165) is 13.0 Å². The van der Waals surface area contributed by atoms with Crippen LogP contribution in [0, 0.1) is 12.3 Å². The Morgan fingerprint density at radius 1 is 1.40 bits per heavy atom. The number of hydrogen-bond acceptors (Lipinski definition) is 3. The fourth-order valence-electron chi connectivity index (χ4n) is 2.63. The molecule has 0 aromatic carbocycles. The molecule has 20 heavy (non-hydrogen) atoms. The fraction of sp³-hybridized carbons (Fsp3) is 0.688. The monoisotopic (exact) mass is 294 g/mol. The molecule has 0 radical (unpaired) electrons. The van der Waals surface area contributed by atoms with Crippen molar-refractivity contribution in [1.29, 1.82) is 0 Å². The van der Waals surface area contributed by atoms with Crippen molar-refractivity contribution in [2.75, 3.05) is 6.54 Å². The Labute approximate surface area is 126 Å². The Hall–Kier alpha value is -0.870. The molecule has 2 atom stereocenters. The van der Waals surface area contributed by atoms with E-state index in [-0.39, 0.29) is 17.5 Å². The van der Waals surface area contributed by atoms with Gasteiger partial charge in [0.25, 0.3) is 0 Å². The normalized spacial score (nSPS) is 27.4. The number of carbonyl (C=O) groups is 1. The number of nitrogens with one attached hydrogen (secondary N) is 1. The molecule has 2 rings (SSSR count). The fourth-order valence-corrected chi connectivity index (χ4v) is 3.57. The highest BCUT2D eigenvalue weighted by molar-refractivity contribution is 7.12. The summed E-state index contributed by atoms with van der Waals surface area (Å²) in [6, 6.07) is 4.27. The highest BCUT2D eigenvalue weighted by Crippen LogP contribution is 2.37. The van der Waals surface area contributed by atoms with E-state index < -0.39 is 5.54 Å². The lowest BCUT2D eigenvalue weighted by Crippen LogP contribution is -2.43. The van der Waals surface area contributed by atoms with Crippen molar-refractivity contribution < 1.29 is 4.79 Å². The summed E-state index contributed by atoms with van der Waals surface area (Å²) < 4.78 is 0. The molecule has 1 aromatic rings. The molecule has 1 aromatic heterocycles. The quantitative estimate of drug-likeness (QED) is 0.922. The molecule has 2 unspecified atom stereocenters. The van der Waals surface area contributed by atoms with Crippen LogP contribution < -0.4 is 5.32 Å². The maximum Gasteiger partial charge on any atom is 0.244 e. The van der Waals surface area contributed by atoms with Crippen LogP contribution in [0.2, 0.25) is 0 Å². The standard InChI is InChI=1S/C16H26N2OS/c1-7-16(6)14(19)18(10-15(3,4)5)13(17-16)12-9-8-11(2)20-12/h8-9,13,17H,7,10H2,1-6H3. The van der Waals surface area contributed by atoms with Crippen LogP contribution in [0.4, 0.5) is 0 Å². The number of amides is 1. The molecule has 1 fully saturated rings. The minimum Gasteiger partial charge on any atom is -0.320 e. The zero-order chi connectivity index (χ0) is 15.1. The molecule has 0 saturated carbocycles. The van der Waals surface area contributed by atoms with E-state index in [0.29, 0.717) is 0 Å². The number of carbonyl (C=O) groups excluding carboxylic acids is 1. The van der Waals surface area contributed by atoms with Crippen LogP contribution in [0.15, 0.2) is 12.1 Å². The summed E-state index contributed by atoms with van der Waals surface area (Å²) >= 11 is 1.77. The van der Waals surface area contributed by atoms with E-state index >= 15 is 0 Å². The molecule has 2 heterocycles. The van der Waals surface area contributed by atoms with E-state index in [4.69, 9.17) is 0 Å². The highest BCUT2D eigenvalue weighted by atomic mass is 32.1. The molecule has 0 aliphatic carbocycles. The van der Waals surface area contributed by atoms with E-state index in [9.17, 15) is 4.79 Å². The van der Waals surface area contributed by atoms with Crippen LogP contribution in [0.5, 0.6) is 0 Å². The first-order valence-electron chi connectivity index (χ1n) is 7.31. The SMILES string of the molecule is CCC1(C)NC(c2ccc(C)s2)N(CC(C)(C)C)C1=O. The van der Waals surface area contributed by atoms with Crippen LogP contribution in [-0.4, -0.2) is 22.9 Å². The van der Waals surface area contributed by atoms with Crippen LogP contribution in [0.25, 0.3) is 0 Å². The Morgan fingerprint density at radius 3 is 2.50 bits per heavy atom. The van der Waals surface area contributed by atoms with Crippen molar-refractivity contribution in [2.45, 2.75) is 59.7 Å². The average molecular weight is 294 g/mol. The Bertz CT molecular complexity index is 503. The van der Waals surface area contributed by atoms with Gasteiger partial charge in [-0.2, -0.15) is 0 Å². The lowest BCUT2D eigenvalue weighted by atomic mass is 9.94. The second-order valence-corrected chi connectivity index (χ2v) is 8.49. The summed E-state index contributed by atoms with van der Waals surface area (Å²) in [6.45, 7) is 13.5. The summed E-state index contributed by atoms with van der Waals surface area (Å²) in [4.78, 5) is 17.3. The van der Waals surface area contributed by atoms with Crippen LogP contribution in [0.1, 0.15) is 57.0 Å². The summed E-state index contributed by atoms with van der Waals surface area (Å²) in [7, 11) is 0. The third-order valence-electron chi connectivity index (χ3n) is 3.88. The molecule has 4 heteroatoms. The second-order valence-electron chi connectivity index (χ2n) is 7.17. The van der Waals surface area contributed by atoms with Gasteiger partial charge in [0.2, 0.25) is 5.91 Å². The minimum atomic E-state index is -0.437. The molecule has 1 saturated heterocycles.